The predicted molar refractivity (Wildman–Crippen MR) is 159 cm³/mol. The van der Waals surface area contributed by atoms with E-state index in [1.165, 1.54) is 6.92 Å². The summed E-state index contributed by atoms with van der Waals surface area (Å²) in [6.45, 7) is 5.01. The topological polar surface area (TPSA) is 143 Å². The van der Waals surface area contributed by atoms with Gasteiger partial charge in [0.25, 0.3) is 0 Å². The molecule has 4 aromatic rings. The van der Waals surface area contributed by atoms with Crippen LogP contribution in [0.15, 0.2) is 41.3 Å². The number of likely N-dealkylation sites (tertiary alicyclic amines) is 1. The number of Topliss-reactive ketones (excluding diaryl/α,β-unsaturated/α-hetero) is 1. The van der Waals surface area contributed by atoms with Crippen LogP contribution in [0.1, 0.15) is 48.6 Å². The molecule has 1 saturated carbocycles. The van der Waals surface area contributed by atoms with Crippen LogP contribution in [-0.4, -0.2) is 64.4 Å². The summed E-state index contributed by atoms with van der Waals surface area (Å²) >= 11 is 9.54. The van der Waals surface area contributed by atoms with Gasteiger partial charge in [0.15, 0.2) is 17.4 Å². The zero-order chi connectivity index (χ0) is 29.9. The molecule has 2 aliphatic rings. The number of hydrogen-bond acceptors (Lipinski definition) is 8. The molecule has 4 heterocycles. The molecule has 42 heavy (non-hydrogen) atoms. The summed E-state index contributed by atoms with van der Waals surface area (Å²) in [4.78, 5) is 54.2. The maximum absolute atomic E-state index is 13.9. The smallest absolute Gasteiger partial charge is 0.248 e. The minimum atomic E-state index is -0.693. The number of fused-ring (bicyclic) bond motifs is 2. The molecule has 2 amide bonds. The van der Waals surface area contributed by atoms with Gasteiger partial charge in [0.2, 0.25) is 11.8 Å². The van der Waals surface area contributed by atoms with E-state index in [2.05, 4.69) is 48.2 Å². The van der Waals surface area contributed by atoms with E-state index in [1.54, 1.807) is 34.1 Å². The van der Waals surface area contributed by atoms with Crippen molar-refractivity contribution in [3.63, 3.8) is 0 Å². The van der Waals surface area contributed by atoms with Gasteiger partial charge in [-0.05, 0) is 76.5 Å². The Balaban J connectivity index is 1.31. The average Bonchev–Trinajstić information content (AvgIpc) is 3.30. The van der Waals surface area contributed by atoms with Gasteiger partial charge < -0.3 is 15.3 Å². The number of nitrogens with zero attached hydrogens (tertiary/aromatic N) is 6. The first-order valence-electron chi connectivity index (χ1n) is 13.4. The van der Waals surface area contributed by atoms with Crippen molar-refractivity contribution in [2.75, 3.05) is 5.32 Å². The zero-order valence-electron chi connectivity index (χ0n) is 23.1. The quantitative estimate of drug-likeness (QED) is 0.222. The molecule has 11 nitrogen and oxygen atoms in total. The third kappa shape index (κ3) is 4.97. The number of hydrogen-bond donors (Lipinski definition) is 2. The lowest BCUT2D eigenvalue weighted by atomic mass is 10.0. The molecule has 1 aliphatic carbocycles. The molecular formula is C29H27BrClN7O4. The number of nitrogens with one attached hydrogen (secondary N) is 1. The van der Waals surface area contributed by atoms with Crippen LogP contribution in [0.2, 0.25) is 5.02 Å². The first kappa shape index (κ1) is 28.4. The number of amides is 2. The summed E-state index contributed by atoms with van der Waals surface area (Å²) in [5.41, 5.74) is 3.08. The van der Waals surface area contributed by atoms with Crippen molar-refractivity contribution in [2.45, 2.75) is 58.8 Å². The Bertz CT molecular complexity index is 1780. The highest BCUT2D eigenvalue weighted by Gasteiger charge is 2.64. The van der Waals surface area contributed by atoms with Crippen molar-refractivity contribution in [1.82, 2.24) is 29.6 Å². The SMILES string of the molecule is CC(=O)c1nn(CC(=O)N2[C@H](C(=O)Nc3nc(Br)ccc3Cl)C[C@@]3(C)C[C@@H]23)c2c(C)cc(-c3cnc(CO)nc3)cc12. The highest BCUT2D eigenvalue weighted by molar-refractivity contribution is 9.10. The van der Waals surface area contributed by atoms with E-state index in [4.69, 9.17) is 11.6 Å². The van der Waals surface area contributed by atoms with Gasteiger partial charge in [-0.2, -0.15) is 5.10 Å². The Morgan fingerprint density at radius 1 is 1.17 bits per heavy atom. The number of carbonyl (C=O) groups is 3. The van der Waals surface area contributed by atoms with E-state index in [-0.39, 0.29) is 53.7 Å². The summed E-state index contributed by atoms with van der Waals surface area (Å²) in [6, 6.07) is 6.31. The number of pyridine rings is 1. The third-order valence-electron chi connectivity index (χ3n) is 8.11. The van der Waals surface area contributed by atoms with Gasteiger partial charge in [-0.25, -0.2) is 15.0 Å². The summed E-state index contributed by atoms with van der Waals surface area (Å²) in [5, 5.41) is 17.5. The highest BCUT2D eigenvalue weighted by atomic mass is 79.9. The van der Waals surface area contributed by atoms with Gasteiger partial charge >= 0.3 is 0 Å². The Morgan fingerprint density at radius 2 is 1.90 bits per heavy atom. The molecule has 1 aliphatic heterocycles. The maximum atomic E-state index is 13.9. The molecule has 13 heteroatoms. The fourth-order valence-electron chi connectivity index (χ4n) is 5.93. The van der Waals surface area contributed by atoms with Gasteiger partial charge in [-0.1, -0.05) is 18.5 Å². The molecule has 0 unspecified atom stereocenters. The van der Waals surface area contributed by atoms with Crippen molar-refractivity contribution in [2.24, 2.45) is 5.41 Å². The van der Waals surface area contributed by atoms with Gasteiger partial charge in [-0.3, -0.25) is 19.1 Å². The molecule has 2 fully saturated rings. The molecular weight excluding hydrogens is 626 g/mol. The fraction of sp³-hybridized carbons (Fsp3) is 0.345. The van der Waals surface area contributed by atoms with Crippen molar-refractivity contribution in [1.29, 1.82) is 0 Å². The van der Waals surface area contributed by atoms with Crippen LogP contribution in [0.25, 0.3) is 22.0 Å². The maximum Gasteiger partial charge on any atom is 0.248 e. The van der Waals surface area contributed by atoms with Gasteiger partial charge in [0, 0.05) is 36.3 Å². The van der Waals surface area contributed by atoms with E-state index < -0.39 is 6.04 Å². The number of benzene rings is 1. The Kier molecular flexibility index (Phi) is 7.11. The minimum absolute atomic E-state index is 0.0598. The molecule has 0 spiro atoms. The second kappa shape index (κ2) is 10.5. The Labute approximate surface area is 254 Å². The standard InChI is InChI=1S/C29H27BrClN7O4/c1-14-6-16(17-10-32-23(13-39)33-11-17)7-18-25(15(2)40)36-37(26(14)18)12-24(41)38-20(8-29(3)9-21(29)38)28(42)35-27-19(31)4-5-22(30)34-27/h4-7,10-11,20-21,39H,8-9,12-13H2,1-3H3,(H,34,35,42)/t20-,21+,29-/m0/s1. The number of aryl methyl sites for hydroxylation is 1. The van der Waals surface area contributed by atoms with Crippen molar-refractivity contribution < 1.29 is 19.5 Å². The molecule has 1 saturated heterocycles. The lowest BCUT2D eigenvalue weighted by Crippen LogP contribution is -2.46. The first-order valence-corrected chi connectivity index (χ1v) is 14.5. The molecule has 3 aromatic heterocycles. The third-order valence-corrected chi connectivity index (χ3v) is 8.86. The number of piperidine rings is 1. The molecule has 216 valence electrons. The summed E-state index contributed by atoms with van der Waals surface area (Å²) in [6.07, 6.45) is 4.57. The summed E-state index contributed by atoms with van der Waals surface area (Å²) in [5.74, 6) is -0.314. The number of carbonyl (C=O) groups excluding carboxylic acids is 3. The molecule has 3 atom stereocenters. The van der Waals surface area contributed by atoms with E-state index in [0.717, 1.165) is 23.1 Å². The largest absolute Gasteiger partial charge is 0.388 e. The lowest BCUT2D eigenvalue weighted by molar-refractivity contribution is -0.138. The van der Waals surface area contributed by atoms with Crippen LogP contribution in [0, 0.1) is 12.3 Å². The number of aliphatic hydroxyl groups is 1. The molecule has 0 bridgehead atoms. The van der Waals surface area contributed by atoms with E-state index in [0.29, 0.717) is 32.8 Å². The fourth-order valence-corrected chi connectivity index (χ4v) is 6.39. The van der Waals surface area contributed by atoms with Gasteiger partial charge in [-0.15, -0.1) is 0 Å². The van der Waals surface area contributed by atoms with Crippen LogP contribution in [0.4, 0.5) is 5.82 Å². The number of rotatable bonds is 7. The zero-order valence-corrected chi connectivity index (χ0v) is 25.4. The van der Waals surface area contributed by atoms with Crippen LogP contribution in [0.3, 0.4) is 0 Å². The Hall–Kier alpha value is -3.74. The van der Waals surface area contributed by atoms with Crippen molar-refractivity contribution in [3.05, 3.63) is 63.4 Å². The molecule has 2 N–H and O–H groups in total. The lowest BCUT2D eigenvalue weighted by Gasteiger charge is -2.27. The number of aromatic nitrogens is 5. The normalized spacial score (nSPS) is 21.0. The molecule has 0 radical (unpaired) electrons. The van der Waals surface area contributed by atoms with Crippen molar-refractivity contribution in [3.8, 4) is 11.1 Å². The van der Waals surface area contributed by atoms with Crippen LogP contribution in [0.5, 0.6) is 0 Å². The van der Waals surface area contributed by atoms with E-state index in [9.17, 15) is 19.5 Å². The second-order valence-electron chi connectivity index (χ2n) is 11.1. The first-order chi connectivity index (χ1) is 20.0. The van der Waals surface area contributed by atoms with Crippen LogP contribution < -0.4 is 5.32 Å². The van der Waals surface area contributed by atoms with E-state index in [1.807, 2.05) is 19.1 Å². The van der Waals surface area contributed by atoms with Gasteiger partial charge in [0.1, 0.15) is 29.5 Å². The number of halogens is 2. The van der Waals surface area contributed by atoms with Crippen molar-refractivity contribution >= 4 is 61.8 Å². The predicted octanol–water partition coefficient (Wildman–Crippen LogP) is 4.33. The summed E-state index contributed by atoms with van der Waals surface area (Å²) < 4.78 is 2.08. The summed E-state index contributed by atoms with van der Waals surface area (Å²) in [7, 11) is 0. The van der Waals surface area contributed by atoms with E-state index >= 15 is 0 Å². The Morgan fingerprint density at radius 3 is 2.60 bits per heavy atom. The number of aliphatic hydroxyl groups excluding tert-OH is 1. The van der Waals surface area contributed by atoms with Crippen LogP contribution >= 0.6 is 27.5 Å². The van der Waals surface area contributed by atoms with Gasteiger partial charge in [0.05, 0.1) is 10.5 Å². The monoisotopic (exact) mass is 651 g/mol. The van der Waals surface area contributed by atoms with Crippen LogP contribution in [-0.2, 0) is 22.7 Å². The highest BCUT2D eigenvalue weighted by Crippen LogP contribution is 2.59. The molecule has 1 aromatic carbocycles. The number of ketones is 1. The molecule has 6 rings (SSSR count). The second-order valence-corrected chi connectivity index (χ2v) is 12.4. The minimum Gasteiger partial charge on any atom is -0.388 e. The number of anilines is 1. The average molecular weight is 653 g/mol.